The van der Waals surface area contributed by atoms with Crippen molar-refractivity contribution in [2.75, 3.05) is 0 Å². The van der Waals surface area contributed by atoms with Gasteiger partial charge in [-0.05, 0) is 25.0 Å². The van der Waals surface area contributed by atoms with Crippen LogP contribution in [0.15, 0.2) is 42.5 Å². The Balaban J connectivity index is 2.12. The van der Waals surface area contributed by atoms with Gasteiger partial charge in [0.1, 0.15) is 12.4 Å². The molecule has 2 rings (SSSR count). The summed E-state index contributed by atoms with van der Waals surface area (Å²) in [5.74, 6) is 1.39. The number of benzene rings is 2. The molecule has 94 valence electrons. The van der Waals surface area contributed by atoms with Crippen LogP contribution in [0.25, 0.3) is 0 Å². The molecule has 2 aromatic rings. The Bertz CT molecular complexity index is 517. The van der Waals surface area contributed by atoms with E-state index in [1.165, 1.54) is 11.1 Å². The number of rotatable bonds is 4. The zero-order valence-electron chi connectivity index (χ0n) is 10.7. The number of aryl methyl sites for hydroxylation is 2. The molecular formula is C16H17ClO. The molecule has 0 saturated carbocycles. The van der Waals surface area contributed by atoms with Crippen LogP contribution < -0.4 is 4.74 Å². The van der Waals surface area contributed by atoms with E-state index in [0.717, 1.165) is 16.9 Å². The van der Waals surface area contributed by atoms with Gasteiger partial charge < -0.3 is 4.74 Å². The number of para-hydroxylation sites is 1. The highest BCUT2D eigenvalue weighted by Gasteiger charge is 2.06. The molecule has 0 bridgehead atoms. The molecule has 0 fully saturated rings. The Morgan fingerprint density at radius 2 is 1.72 bits per heavy atom. The van der Waals surface area contributed by atoms with Crippen molar-refractivity contribution in [3.8, 4) is 5.75 Å². The Kier molecular flexibility index (Phi) is 4.27. The maximum Gasteiger partial charge on any atom is 0.127 e. The first-order chi connectivity index (χ1) is 8.70. The average Bonchev–Trinajstić information content (AvgIpc) is 2.39. The summed E-state index contributed by atoms with van der Waals surface area (Å²) in [5, 5.41) is 0. The Labute approximate surface area is 113 Å². The highest BCUT2D eigenvalue weighted by Crippen LogP contribution is 2.25. The van der Waals surface area contributed by atoms with E-state index in [1.807, 2.05) is 25.1 Å². The lowest BCUT2D eigenvalue weighted by atomic mass is 10.1. The minimum absolute atomic E-state index is 0.477. The first kappa shape index (κ1) is 13.0. The van der Waals surface area contributed by atoms with Gasteiger partial charge in [0, 0.05) is 5.56 Å². The lowest BCUT2D eigenvalue weighted by Gasteiger charge is -2.12. The lowest BCUT2D eigenvalue weighted by Crippen LogP contribution is -1.99. The zero-order chi connectivity index (χ0) is 13.0. The maximum atomic E-state index is 5.93. The fraction of sp³-hybridized carbons (Fsp3) is 0.250. The summed E-state index contributed by atoms with van der Waals surface area (Å²) in [6.07, 6.45) is 0. The normalized spacial score (nSPS) is 10.4. The average molecular weight is 261 g/mol. The molecule has 1 nitrogen and oxygen atoms in total. The van der Waals surface area contributed by atoms with Gasteiger partial charge in [0.25, 0.3) is 0 Å². The van der Waals surface area contributed by atoms with E-state index < -0.39 is 0 Å². The molecule has 0 N–H and O–H groups in total. The minimum Gasteiger partial charge on any atom is -0.488 e. The molecule has 2 aromatic carbocycles. The number of hydrogen-bond donors (Lipinski definition) is 0. The van der Waals surface area contributed by atoms with Crippen molar-refractivity contribution in [1.82, 2.24) is 0 Å². The summed E-state index contributed by atoms with van der Waals surface area (Å²) in [4.78, 5) is 0. The molecular weight excluding hydrogens is 244 g/mol. The monoisotopic (exact) mass is 260 g/mol. The third-order valence-corrected chi connectivity index (χ3v) is 3.23. The Hall–Kier alpha value is -1.47. The van der Waals surface area contributed by atoms with Gasteiger partial charge >= 0.3 is 0 Å². The molecule has 0 aliphatic rings. The van der Waals surface area contributed by atoms with Gasteiger partial charge in [0.2, 0.25) is 0 Å². The van der Waals surface area contributed by atoms with Crippen molar-refractivity contribution >= 4 is 11.6 Å². The third kappa shape index (κ3) is 3.05. The van der Waals surface area contributed by atoms with Crippen molar-refractivity contribution in [2.45, 2.75) is 26.3 Å². The van der Waals surface area contributed by atoms with Gasteiger partial charge in [-0.2, -0.15) is 0 Å². The summed E-state index contributed by atoms with van der Waals surface area (Å²) in [5.41, 5.74) is 4.60. The van der Waals surface area contributed by atoms with Gasteiger partial charge in [-0.25, -0.2) is 0 Å². The molecule has 0 unspecified atom stereocenters. The van der Waals surface area contributed by atoms with E-state index in [9.17, 15) is 0 Å². The molecule has 0 atom stereocenters. The quantitative estimate of drug-likeness (QED) is 0.729. The topological polar surface area (TPSA) is 9.23 Å². The fourth-order valence-electron chi connectivity index (χ4n) is 1.86. The fourth-order valence-corrected chi connectivity index (χ4v) is 2.08. The van der Waals surface area contributed by atoms with Crippen LogP contribution in [0.3, 0.4) is 0 Å². The molecule has 0 radical (unpaired) electrons. The summed E-state index contributed by atoms with van der Waals surface area (Å²) >= 11 is 5.93. The van der Waals surface area contributed by atoms with Gasteiger partial charge in [-0.15, -0.1) is 11.6 Å². The highest BCUT2D eigenvalue weighted by molar-refractivity contribution is 6.17. The van der Waals surface area contributed by atoms with Crippen LogP contribution in [-0.4, -0.2) is 0 Å². The number of ether oxygens (including phenoxy) is 1. The van der Waals surface area contributed by atoms with E-state index in [2.05, 4.69) is 31.2 Å². The van der Waals surface area contributed by atoms with Crippen LogP contribution in [0.2, 0.25) is 0 Å². The predicted octanol–water partition coefficient (Wildman–Crippen LogP) is 4.62. The van der Waals surface area contributed by atoms with E-state index in [0.29, 0.717) is 12.5 Å². The van der Waals surface area contributed by atoms with E-state index in [1.54, 1.807) is 0 Å². The van der Waals surface area contributed by atoms with Crippen molar-refractivity contribution < 1.29 is 4.74 Å². The standard InChI is InChI=1S/C16H17ClO/c1-12-6-8-14(9-7-12)11-18-16-13(2)4-3-5-15(16)10-17/h3-9H,10-11H2,1-2H3. The van der Waals surface area contributed by atoms with Crippen LogP contribution in [-0.2, 0) is 12.5 Å². The van der Waals surface area contributed by atoms with Gasteiger partial charge in [-0.3, -0.25) is 0 Å². The lowest BCUT2D eigenvalue weighted by molar-refractivity contribution is 0.301. The SMILES string of the molecule is Cc1ccc(COc2c(C)cccc2CCl)cc1. The molecule has 0 aliphatic carbocycles. The van der Waals surface area contributed by atoms with Crippen LogP contribution in [0.1, 0.15) is 22.3 Å². The molecule has 0 heterocycles. The van der Waals surface area contributed by atoms with E-state index in [4.69, 9.17) is 16.3 Å². The first-order valence-electron chi connectivity index (χ1n) is 6.03. The van der Waals surface area contributed by atoms with Crippen LogP contribution in [0, 0.1) is 13.8 Å². The van der Waals surface area contributed by atoms with Crippen molar-refractivity contribution in [3.63, 3.8) is 0 Å². The Morgan fingerprint density at radius 3 is 2.39 bits per heavy atom. The number of halogens is 1. The zero-order valence-corrected chi connectivity index (χ0v) is 11.5. The Morgan fingerprint density at radius 1 is 1.00 bits per heavy atom. The largest absolute Gasteiger partial charge is 0.488 e. The van der Waals surface area contributed by atoms with Gasteiger partial charge in [0.05, 0.1) is 5.88 Å². The highest BCUT2D eigenvalue weighted by atomic mass is 35.5. The smallest absolute Gasteiger partial charge is 0.127 e. The molecule has 0 saturated heterocycles. The third-order valence-electron chi connectivity index (χ3n) is 2.94. The van der Waals surface area contributed by atoms with Crippen molar-refractivity contribution in [3.05, 3.63) is 64.7 Å². The van der Waals surface area contributed by atoms with Crippen LogP contribution >= 0.6 is 11.6 Å². The second kappa shape index (κ2) is 5.92. The minimum atomic E-state index is 0.477. The summed E-state index contributed by atoms with van der Waals surface area (Å²) in [7, 11) is 0. The molecule has 0 spiro atoms. The molecule has 0 aliphatic heterocycles. The molecule has 18 heavy (non-hydrogen) atoms. The second-order valence-corrected chi connectivity index (χ2v) is 4.74. The van der Waals surface area contributed by atoms with Crippen LogP contribution in [0.4, 0.5) is 0 Å². The van der Waals surface area contributed by atoms with Crippen molar-refractivity contribution in [1.29, 1.82) is 0 Å². The second-order valence-electron chi connectivity index (χ2n) is 4.47. The van der Waals surface area contributed by atoms with Gasteiger partial charge in [0.15, 0.2) is 0 Å². The molecule has 0 amide bonds. The number of alkyl halides is 1. The maximum absolute atomic E-state index is 5.93. The molecule has 0 aromatic heterocycles. The first-order valence-corrected chi connectivity index (χ1v) is 6.57. The van der Waals surface area contributed by atoms with E-state index in [-0.39, 0.29) is 0 Å². The summed E-state index contributed by atoms with van der Waals surface area (Å²) in [6, 6.07) is 14.4. The molecule has 2 heteroatoms. The van der Waals surface area contributed by atoms with E-state index >= 15 is 0 Å². The predicted molar refractivity (Wildman–Crippen MR) is 76.2 cm³/mol. The van der Waals surface area contributed by atoms with Gasteiger partial charge in [-0.1, -0.05) is 48.0 Å². The van der Waals surface area contributed by atoms with Crippen LogP contribution in [0.5, 0.6) is 5.75 Å². The summed E-state index contributed by atoms with van der Waals surface area (Å²) < 4.78 is 5.90. The summed E-state index contributed by atoms with van der Waals surface area (Å²) in [6.45, 7) is 4.70. The van der Waals surface area contributed by atoms with Crippen molar-refractivity contribution in [2.24, 2.45) is 0 Å². The number of hydrogen-bond acceptors (Lipinski definition) is 1.